The molecular weight excluding hydrogens is 530 g/mol. The normalized spacial score (nSPS) is 15.7. The molecule has 1 aromatic heterocycles. The van der Waals surface area contributed by atoms with Crippen LogP contribution in [0.5, 0.6) is 17.2 Å². The molecule has 3 aromatic rings. The number of hydrazone groups is 1. The van der Waals surface area contributed by atoms with E-state index in [-0.39, 0.29) is 27.7 Å². The van der Waals surface area contributed by atoms with E-state index in [1.54, 1.807) is 36.7 Å². The number of hydrogen-bond acceptors (Lipinski definition) is 9. The SMILES string of the molecule is COc1ccc(C(=O)Oc2ccc(/C=C3/C(=N)N4N=C(c5cccnc5)SC4=NC3=O)cc2Cl)cc1OC. The molecule has 0 saturated heterocycles. The largest absolute Gasteiger partial charge is 0.493 e. The number of aliphatic imine (C=N–C) groups is 1. The van der Waals surface area contributed by atoms with Gasteiger partial charge in [-0.25, -0.2) is 4.79 Å². The van der Waals surface area contributed by atoms with E-state index in [0.29, 0.717) is 27.3 Å². The van der Waals surface area contributed by atoms with Crippen LogP contribution in [0.25, 0.3) is 6.08 Å². The lowest BCUT2D eigenvalue weighted by Crippen LogP contribution is -2.35. The number of halogens is 1. The van der Waals surface area contributed by atoms with Crippen LogP contribution in [-0.2, 0) is 4.79 Å². The Morgan fingerprint density at radius 1 is 1.08 bits per heavy atom. The number of rotatable bonds is 6. The average Bonchev–Trinajstić information content (AvgIpc) is 3.36. The molecule has 0 saturated carbocycles. The van der Waals surface area contributed by atoms with Crippen LogP contribution < -0.4 is 14.2 Å². The van der Waals surface area contributed by atoms with Crippen LogP contribution in [0.1, 0.15) is 21.5 Å². The fourth-order valence-corrected chi connectivity index (χ4v) is 4.69. The number of carbonyl (C=O) groups is 2. The molecule has 190 valence electrons. The zero-order valence-corrected chi connectivity index (χ0v) is 21.5. The first kappa shape index (κ1) is 25.2. The number of nitrogens with one attached hydrogen (secondary N) is 1. The summed E-state index contributed by atoms with van der Waals surface area (Å²) in [4.78, 5) is 33.5. The summed E-state index contributed by atoms with van der Waals surface area (Å²) in [5, 5.41) is 15.3. The van der Waals surface area contributed by atoms with E-state index in [1.165, 1.54) is 55.3 Å². The third-order valence-electron chi connectivity index (χ3n) is 5.45. The number of esters is 1. The van der Waals surface area contributed by atoms with E-state index >= 15 is 0 Å². The van der Waals surface area contributed by atoms with Gasteiger partial charge in [-0.3, -0.25) is 15.2 Å². The summed E-state index contributed by atoms with van der Waals surface area (Å²) in [5.41, 5.74) is 1.55. The summed E-state index contributed by atoms with van der Waals surface area (Å²) < 4.78 is 15.9. The van der Waals surface area contributed by atoms with Crippen molar-refractivity contribution >= 4 is 57.4 Å². The van der Waals surface area contributed by atoms with Gasteiger partial charge in [0.1, 0.15) is 10.8 Å². The Morgan fingerprint density at radius 3 is 2.58 bits per heavy atom. The Kier molecular flexibility index (Phi) is 6.95. The number of thioether (sulfide) groups is 1. The molecule has 12 heteroatoms. The lowest BCUT2D eigenvalue weighted by atomic mass is 10.1. The molecule has 0 radical (unpaired) electrons. The minimum absolute atomic E-state index is 0.0386. The Balaban J connectivity index is 1.35. The molecule has 1 amide bonds. The zero-order chi connectivity index (χ0) is 26.8. The summed E-state index contributed by atoms with van der Waals surface area (Å²) in [5.74, 6) is -0.346. The van der Waals surface area contributed by atoms with Crippen molar-refractivity contribution in [3.05, 3.63) is 88.2 Å². The minimum atomic E-state index is -0.640. The van der Waals surface area contributed by atoms with Gasteiger partial charge in [0.2, 0.25) is 5.17 Å². The van der Waals surface area contributed by atoms with Gasteiger partial charge in [0, 0.05) is 18.0 Å². The maximum Gasteiger partial charge on any atom is 0.343 e. The third-order valence-corrected chi connectivity index (χ3v) is 6.70. The fraction of sp³-hybridized carbons (Fsp3) is 0.0769. The summed E-state index contributed by atoms with van der Waals surface area (Å²) >= 11 is 7.56. The van der Waals surface area contributed by atoms with Crippen molar-refractivity contribution < 1.29 is 23.8 Å². The number of amidine groups is 2. The average molecular weight is 548 g/mol. The highest BCUT2D eigenvalue weighted by molar-refractivity contribution is 8.27. The van der Waals surface area contributed by atoms with E-state index in [1.807, 2.05) is 6.07 Å². The van der Waals surface area contributed by atoms with E-state index in [0.717, 1.165) is 5.56 Å². The van der Waals surface area contributed by atoms with Gasteiger partial charge in [0.05, 0.1) is 30.4 Å². The lowest BCUT2D eigenvalue weighted by molar-refractivity contribution is -0.114. The molecule has 2 aromatic carbocycles. The molecule has 1 N–H and O–H groups in total. The van der Waals surface area contributed by atoms with Gasteiger partial charge >= 0.3 is 5.97 Å². The molecule has 0 bridgehead atoms. The van der Waals surface area contributed by atoms with Crippen LogP contribution in [0.15, 0.2) is 76.6 Å². The Bertz CT molecular complexity index is 1570. The zero-order valence-electron chi connectivity index (χ0n) is 20.0. The maximum absolute atomic E-state index is 12.7. The van der Waals surface area contributed by atoms with Crippen molar-refractivity contribution in [2.45, 2.75) is 0 Å². The molecule has 2 aliphatic rings. The predicted octanol–water partition coefficient (Wildman–Crippen LogP) is 4.64. The van der Waals surface area contributed by atoms with Crippen LogP contribution in [-0.4, -0.2) is 52.1 Å². The lowest BCUT2D eigenvalue weighted by Gasteiger charge is -2.20. The number of pyridine rings is 1. The number of ether oxygens (including phenoxy) is 3. The second-order valence-electron chi connectivity index (χ2n) is 7.82. The second-order valence-corrected chi connectivity index (χ2v) is 9.18. The summed E-state index contributed by atoms with van der Waals surface area (Å²) in [6, 6.07) is 12.9. The van der Waals surface area contributed by atoms with Gasteiger partial charge in [-0.1, -0.05) is 17.7 Å². The highest BCUT2D eigenvalue weighted by atomic mass is 35.5. The van der Waals surface area contributed by atoms with Crippen LogP contribution in [0.3, 0.4) is 0 Å². The van der Waals surface area contributed by atoms with E-state index < -0.39 is 11.9 Å². The molecule has 2 aliphatic heterocycles. The Morgan fingerprint density at radius 2 is 1.87 bits per heavy atom. The van der Waals surface area contributed by atoms with Crippen LogP contribution in [0.2, 0.25) is 5.02 Å². The molecule has 0 spiro atoms. The van der Waals surface area contributed by atoms with Crippen LogP contribution in [0.4, 0.5) is 0 Å². The summed E-state index contributed by atoms with van der Waals surface area (Å²) in [7, 11) is 2.96. The van der Waals surface area contributed by atoms with Crippen molar-refractivity contribution in [1.82, 2.24) is 9.99 Å². The van der Waals surface area contributed by atoms with Crippen molar-refractivity contribution in [3.8, 4) is 17.2 Å². The van der Waals surface area contributed by atoms with Crippen molar-refractivity contribution in [2.24, 2.45) is 10.1 Å². The minimum Gasteiger partial charge on any atom is -0.493 e. The van der Waals surface area contributed by atoms with E-state index in [4.69, 9.17) is 31.2 Å². The fourth-order valence-electron chi connectivity index (χ4n) is 3.58. The highest BCUT2D eigenvalue weighted by Crippen LogP contribution is 2.33. The first-order chi connectivity index (χ1) is 18.4. The number of benzene rings is 2. The highest BCUT2D eigenvalue weighted by Gasteiger charge is 2.36. The predicted molar refractivity (Wildman–Crippen MR) is 144 cm³/mol. The van der Waals surface area contributed by atoms with Gasteiger partial charge < -0.3 is 14.2 Å². The third kappa shape index (κ3) is 4.89. The standard InChI is InChI=1S/C26H18ClN5O5S/c1-35-20-8-6-15(12-21(20)36-2)25(34)37-19-7-5-14(11-18(19)27)10-17-22(28)32-26(30-23(17)33)38-24(31-32)16-4-3-9-29-13-16/h3-13,28H,1-2H3/b17-10-,28-22?. The number of amides is 1. The van der Waals surface area contributed by atoms with Gasteiger partial charge in [-0.05, 0) is 65.9 Å². The number of methoxy groups -OCH3 is 2. The van der Waals surface area contributed by atoms with Gasteiger partial charge in [-0.15, -0.1) is 0 Å². The number of fused-ring (bicyclic) bond motifs is 1. The van der Waals surface area contributed by atoms with Crippen molar-refractivity contribution in [2.75, 3.05) is 14.2 Å². The quantitative estimate of drug-likeness (QED) is 0.269. The smallest absolute Gasteiger partial charge is 0.343 e. The Labute approximate surface area is 226 Å². The van der Waals surface area contributed by atoms with E-state index in [2.05, 4.69) is 15.1 Å². The molecule has 3 heterocycles. The van der Waals surface area contributed by atoms with Gasteiger partial charge in [0.25, 0.3) is 5.91 Å². The molecule has 0 atom stereocenters. The number of nitrogens with zero attached hydrogens (tertiary/aromatic N) is 4. The second kappa shape index (κ2) is 10.5. The summed E-state index contributed by atoms with van der Waals surface area (Å²) in [6.45, 7) is 0. The first-order valence-corrected chi connectivity index (χ1v) is 12.2. The molecule has 38 heavy (non-hydrogen) atoms. The number of carbonyl (C=O) groups excluding carboxylic acids is 2. The Hall–Kier alpha value is -4.48. The summed E-state index contributed by atoms with van der Waals surface area (Å²) in [6.07, 6.45) is 4.78. The van der Waals surface area contributed by atoms with Gasteiger partial charge in [0.15, 0.2) is 17.3 Å². The molecule has 0 aliphatic carbocycles. The molecule has 5 rings (SSSR count). The first-order valence-electron chi connectivity index (χ1n) is 11.0. The van der Waals surface area contributed by atoms with E-state index in [9.17, 15) is 9.59 Å². The van der Waals surface area contributed by atoms with Crippen LogP contribution in [0, 0.1) is 5.41 Å². The van der Waals surface area contributed by atoms with Crippen molar-refractivity contribution in [3.63, 3.8) is 0 Å². The molecule has 0 unspecified atom stereocenters. The van der Waals surface area contributed by atoms with Crippen molar-refractivity contribution in [1.29, 1.82) is 5.41 Å². The molecular formula is C26H18ClN5O5S. The number of aromatic nitrogens is 1. The maximum atomic E-state index is 12.7. The number of hydrogen-bond donors (Lipinski definition) is 1. The monoisotopic (exact) mass is 547 g/mol. The molecule has 10 nitrogen and oxygen atoms in total. The van der Waals surface area contributed by atoms with Gasteiger partial charge in [-0.2, -0.15) is 15.1 Å². The van der Waals surface area contributed by atoms with Crippen LogP contribution >= 0.6 is 23.4 Å². The topological polar surface area (TPSA) is 127 Å². The molecule has 0 fully saturated rings.